The lowest BCUT2D eigenvalue weighted by molar-refractivity contribution is -0.954. The number of carbonyl (C=O) groups excluding carboxylic acids is 2. The number of benzene rings is 2. The smallest absolute Gasteiger partial charge is 0.321 e. The Balaban J connectivity index is 0.00000182. The number of hydrogen-bond acceptors (Lipinski definition) is 6. The molecule has 0 aromatic heterocycles. The first-order chi connectivity index (χ1) is 22.2. The fourth-order valence-corrected chi connectivity index (χ4v) is 11.2. The number of hydrogen-bond donors (Lipinski definition) is 0. The van der Waals surface area contributed by atoms with Gasteiger partial charge in [0, 0.05) is 25.7 Å². The van der Waals surface area contributed by atoms with Gasteiger partial charge < -0.3 is 75.9 Å². The Morgan fingerprint density at radius 2 is 1.21 bits per heavy atom. The number of piperidine rings is 2. The lowest BCUT2D eigenvalue weighted by atomic mass is 9.63. The van der Waals surface area contributed by atoms with Gasteiger partial charge in [0.1, 0.15) is 66.2 Å². The molecule has 6 fully saturated rings. The molecule has 0 N–H and O–H groups in total. The molecule has 0 amide bonds. The van der Waals surface area contributed by atoms with Gasteiger partial charge in [0.05, 0.1) is 33.1 Å². The van der Waals surface area contributed by atoms with Crippen molar-refractivity contribution in [3.8, 4) is 0 Å². The highest BCUT2D eigenvalue weighted by molar-refractivity contribution is 5.91. The lowest BCUT2D eigenvalue weighted by Gasteiger charge is -2.48. The van der Waals surface area contributed by atoms with Crippen LogP contribution in [0.15, 0.2) is 54.6 Å². The van der Waals surface area contributed by atoms with Crippen LogP contribution in [0.25, 0.3) is 0 Å². The minimum atomic E-state index is -0.976. The van der Waals surface area contributed by atoms with E-state index in [0.29, 0.717) is 61.4 Å². The third kappa shape index (κ3) is 4.92. The molecular formula is C38H48I2N2O6. The maximum atomic E-state index is 14.7. The standard InChI is InChI=1S/C38H48N2O6.2HI/c1-5-39(3)28-18-23(19-29(39)33-32(28)45-33)43-36(41)26-16-17-38(22-12-8-7-9-13-22,27-15-11-10-14-25(26)27)37(42)44-24-20-30-34-35(46-34)31(21-24)40(30,4)6-2;;/h7-15,23-24,26,28-35H,5-6,16-21H2,1-4H3;2*1H/q+2;;/p-2/t23?,24?,26-,28-,29+,30-,31+,32?,33?,34?,35?,38+,39?,40?;;/m0../s1. The second-order valence-corrected chi connectivity index (χ2v) is 15.7. The molecular weight excluding hydrogens is 834 g/mol. The highest BCUT2D eigenvalue weighted by Crippen LogP contribution is 2.55. The summed E-state index contributed by atoms with van der Waals surface area (Å²) >= 11 is 0. The van der Waals surface area contributed by atoms with Crippen LogP contribution >= 0.6 is 0 Å². The Kier molecular flexibility index (Phi) is 9.08. The van der Waals surface area contributed by atoms with Gasteiger partial charge in [-0.25, -0.2) is 0 Å². The number of fused-ring (bicyclic) bond motifs is 11. The number of carbonyl (C=O) groups is 2. The summed E-state index contributed by atoms with van der Waals surface area (Å²) in [6, 6.07) is 19.6. The van der Waals surface area contributed by atoms with Crippen LogP contribution < -0.4 is 48.0 Å². The fraction of sp³-hybridized carbons (Fsp3) is 0.632. The van der Waals surface area contributed by atoms with Crippen molar-refractivity contribution in [1.82, 2.24) is 0 Å². The van der Waals surface area contributed by atoms with Gasteiger partial charge in [-0.3, -0.25) is 9.59 Å². The van der Waals surface area contributed by atoms with E-state index in [4.69, 9.17) is 18.9 Å². The molecule has 6 aliphatic heterocycles. The van der Waals surface area contributed by atoms with E-state index < -0.39 is 11.3 Å². The summed E-state index contributed by atoms with van der Waals surface area (Å²) in [4.78, 5) is 28.8. The molecule has 260 valence electrons. The number of rotatable bonds is 7. The first-order valence-electron chi connectivity index (χ1n) is 17.8. The molecule has 0 spiro atoms. The second kappa shape index (κ2) is 12.4. The summed E-state index contributed by atoms with van der Waals surface area (Å²) in [5.74, 6) is -0.756. The van der Waals surface area contributed by atoms with Gasteiger partial charge in [0.25, 0.3) is 0 Å². The second-order valence-electron chi connectivity index (χ2n) is 15.7. The van der Waals surface area contributed by atoms with Crippen molar-refractivity contribution in [2.24, 2.45) is 0 Å². The molecule has 2 aromatic rings. The van der Waals surface area contributed by atoms with Crippen molar-refractivity contribution in [3.63, 3.8) is 0 Å². The third-order valence-corrected chi connectivity index (χ3v) is 14.1. The largest absolute Gasteiger partial charge is 1.00 e. The number of likely N-dealkylation sites (N-methyl/N-ethyl adjacent to an activating group) is 2. The van der Waals surface area contributed by atoms with Crippen molar-refractivity contribution in [3.05, 3.63) is 71.3 Å². The Morgan fingerprint density at radius 1 is 0.729 bits per heavy atom. The molecule has 6 heterocycles. The van der Waals surface area contributed by atoms with Crippen molar-refractivity contribution in [2.45, 2.75) is 124 Å². The minimum Gasteiger partial charge on any atom is -1.00 e. The number of halogens is 2. The van der Waals surface area contributed by atoms with Gasteiger partial charge in [-0.2, -0.15) is 0 Å². The molecule has 6 saturated heterocycles. The molecule has 1 aliphatic carbocycles. The first-order valence-corrected chi connectivity index (χ1v) is 17.8. The predicted molar refractivity (Wildman–Crippen MR) is 170 cm³/mol. The Morgan fingerprint density at radius 3 is 1.73 bits per heavy atom. The van der Waals surface area contributed by atoms with Gasteiger partial charge >= 0.3 is 11.9 Å². The molecule has 7 aliphatic rings. The molecule has 9 rings (SSSR count). The minimum absolute atomic E-state index is 0. The van der Waals surface area contributed by atoms with Gasteiger partial charge in [0.2, 0.25) is 0 Å². The quantitative estimate of drug-likeness (QED) is 0.142. The fourth-order valence-electron chi connectivity index (χ4n) is 11.2. The predicted octanol–water partition coefficient (Wildman–Crippen LogP) is -1.76. The molecule has 0 saturated carbocycles. The number of quaternary nitrogens is 2. The number of epoxide rings is 2. The lowest BCUT2D eigenvalue weighted by Crippen LogP contribution is -3.00. The van der Waals surface area contributed by atoms with Crippen LogP contribution in [0.4, 0.5) is 0 Å². The third-order valence-electron chi connectivity index (χ3n) is 14.1. The molecule has 8 unspecified atom stereocenters. The normalized spacial score (nSPS) is 45.3. The number of morpholine rings is 2. The molecule has 48 heavy (non-hydrogen) atoms. The van der Waals surface area contributed by atoms with Gasteiger partial charge in [-0.15, -0.1) is 0 Å². The van der Waals surface area contributed by atoms with Crippen LogP contribution in [0.5, 0.6) is 0 Å². The van der Waals surface area contributed by atoms with Crippen LogP contribution in [0, 0.1) is 0 Å². The number of esters is 2. The maximum Gasteiger partial charge on any atom is 0.321 e. The van der Waals surface area contributed by atoms with Crippen molar-refractivity contribution < 1.29 is 85.5 Å². The number of ether oxygens (including phenoxy) is 4. The van der Waals surface area contributed by atoms with E-state index >= 15 is 0 Å². The maximum absolute atomic E-state index is 14.7. The highest BCUT2D eigenvalue weighted by Gasteiger charge is 2.73. The van der Waals surface area contributed by atoms with Crippen molar-refractivity contribution >= 4 is 11.9 Å². The van der Waals surface area contributed by atoms with E-state index in [-0.39, 0.29) is 72.1 Å². The number of nitrogens with zero attached hydrogens (tertiary/aromatic N) is 2. The monoisotopic (exact) mass is 882 g/mol. The van der Waals surface area contributed by atoms with E-state index in [0.717, 1.165) is 64.4 Å². The summed E-state index contributed by atoms with van der Waals surface area (Å²) in [5, 5.41) is 0. The van der Waals surface area contributed by atoms with Gasteiger partial charge in [-0.1, -0.05) is 54.6 Å². The summed E-state index contributed by atoms with van der Waals surface area (Å²) in [5.41, 5.74) is 1.73. The van der Waals surface area contributed by atoms with Crippen LogP contribution in [0.3, 0.4) is 0 Å². The van der Waals surface area contributed by atoms with E-state index in [1.54, 1.807) is 0 Å². The zero-order chi connectivity index (χ0) is 31.6. The van der Waals surface area contributed by atoms with E-state index in [1.165, 1.54) is 0 Å². The first kappa shape index (κ1) is 35.1. The van der Waals surface area contributed by atoms with Crippen LogP contribution in [-0.2, 0) is 34.0 Å². The van der Waals surface area contributed by atoms with E-state index in [1.807, 2.05) is 54.6 Å². The van der Waals surface area contributed by atoms with E-state index in [2.05, 4.69) is 27.9 Å². The molecule has 0 radical (unpaired) electrons. The summed E-state index contributed by atoms with van der Waals surface area (Å²) in [6.07, 6.45) is 5.45. The molecule has 4 bridgehead atoms. The summed E-state index contributed by atoms with van der Waals surface area (Å²) in [7, 11) is 4.69. The summed E-state index contributed by atoms with van der Waals surface area (Å²) < 4.78 is 27.1. The molecule has 10 heteroatoms. The average Bonchev–Trinajstić information content (AvgIpc) is 3.99. The molecule has 2 aromatic carbocycles. The Labute approximate surface area is 318 Å². The van der Waals surface area contributed by atoms with Gasteiger partial charge in [0.15, 0.2) is 0 Å². The summed E-state index contributed by atoms with van der Waals surface area (Å²) in [6.45, 7) is 6.67. The molecule has 8 nitrogen and oxygen atoms in total. The zero-order valence-electron chi connectivity index (χ0n) is 28.3. The van der Waals surface area contributed by atoms with E-state index in [9.17, 15) is 9.59 Å². The van der Waals surface area contributed by atoms with Crippen LogP contribution in [0.1, 0.15) is 75.0 Å². The van der Waals surface area contributed by atoms with Crippen LogP contribution in [-0.4, -0.2) is 109 Å². The average molecular weight is 883 g/mol. The SMILES string of the molecule is CC[N+]1(C)[C@@H]2CC(OC(=O)[C@H]3CC[C@@](C(=O)OC4C[C@@H]5C6OC6[C@H](C4)[N+]5(C)CC)(c4ccccc4)c4ccccc43)C[C@H]1C1OC12.[I-].[I-]. The van der Waals surface area contributed by atoms with Gasteiger partial charge in [-0.05, 0) is 43.4 Å². The Bertz CT molecular complexity index is 1540. The zero-order valence-corrected chi connectivity index (χ0v) is 32.6. The topological polar surface area (TPSA) is 77.7 Å². The van der Waals surface area contributed by atoms with Crippen LogP contribution in [0.2, 0.25) is 0 Å². The van der Waals surface area contributed by atoms with Crippen molar-refractivity contribution in [2.75, 3.05) is 27.2 Å². The molecule has 14 atom stereocenters. The Hall–Kier alpha value is -1.32. The van der Waals surface area contributed by atoms with Crippen molar-refractivity contribution in [1.29, 1.82) is 0 Å². The highest BCUT2D eigenvalue weighted by atomic mass is 127.